The number of piperidine rings is 1. The van der Waals surface area contributed by atoms with Crippen LogP contribution in [0.3, 0.4) is 0 Å². The number of pyridine rings is 1. The Morgan fingerprint density at radius 3 is 2.64 bits per heavy atom. The molecule has 1 fully saturated rings. The molecule has 3 aromatic heterocycles. The molecule has 4 heterocycles. The number of likely N-dealkylation sites (tertiary alicyclic amines) is 1. The SMILES string of the molecule is COCc1nnc2ccc(-c3[nH]c4ccc(C5CCN(CC(=O)N(C)C)CC5)cc4c3C(C)C)cn12. The van der Waals surface area contributed by atoms with Crippen molar-refractivity contribution in [3.63, 3.8) is 0 Å². The van der Waals surface area contributed by atoms with E-state index >= 15 is 0 Å². The van der Waals surface area contributed by atoms with E-state index in [2.05, 4.69) is 64.4 Å². The number of nitrogens with one attached hydrogen (secondary N) is 1. The van der Waals surface area contributed by atoms with Gasteiger partial charge in [0.2, 0.25) is 5.91 Å². The number of amides is 1. The number of hydrogen-bond acceptors (Lipinski definition) is 5. The molecule has 4 aromatic rings. The summed E-state index contributed by atoms with van der Waals surface area (Å²) in [5, 5.41) is 9.82. The van der Waals surface area contributed by atoms with Crippen molar-refractivity contribution in [1.29, 1.82) is 0 Å². The van der Waals surface area contributed by atoms with E-state index in [1.54, 1.807) is 12.0 Å². The summed E-state index contributed by atoms with van der Waals surface area (Å²) >= 11 is 0. The van der Waals surface area contributed by atoms with Gasteiger partial charge in [0.15, 0.2) is 11.5 Å². The molecule has 1 aliphatic heterocycles. The quantitative estimate of drug-likeness (QED) is 0.417. The van der Waals surface area contributed by atoms with Crippen molar-refractivity contribution in [2.24, 2.45) is 0 Å². The lowest BCUT2D eigenvalue weighted by atomic mass is 9.87. The minimum atomic E-state index is 0.176. The number of aromatic amines is 1. The Bertz CT molecular complexity index is 1380. The number of carbonyl (C=O) groups is 1. The van der Waals surface area contributed by atoms with Crippen LogP contribution in [-0.4, -0.2) is 76.1 Å². The number of benzene rings is 1. The molecule has 1 saturated heterocycles. The van der Waals surface area contributed by atoms with Crippen molar-refractivity contribution < 1.29 is 9.53 Å². The molecule has 0 bridgehead atoms. The Kier molecular flexibility index (Phi) is 6.81. The molecule has 8 heteroatoms. The van der Waals surface area contributed by atoms with Crippen molar-refractivity contribution >= 4 is 22.5 Å². The number of fused-ring (bicyclic) bond motifs is 2. The number of carbonyl (C=O) groups excluding carboxylic acids is 1. The van der Waals surface area contributed by atoms with Gasteiger partial charge in [-0.3, -0.25) is 14.1 Å². The Balaban J connectivity index is 1.45. The minimum Gasteiger partial charge on any atom is -0.377 e. The summed E-state index contributed by atoms with van der Waals surface area (Å²) in [7, 11) is 5.32. The number of aromatic nitrogens is 4. The molecule has 190 valence electrons. The maximum Gasteiger partial charge on any atom is 0.236 e. The zero-order chi connectivity index (χ0) is 25.4. The molecule has 0 spiro atoms. The van der Waals surface area contributed by atoms with Crippen molar-refractivity contribution in [1.82, 2.24) is 29.4 Å². The highest BCUT2D eigenvalue weighted by molar-refractivity contribution is 5.92. The molecule has 0 unspecified atom stereocenters. The van der Waals surface area contributed by atoms with E-state index in [9.17, 15) is 4.79 Å². The monoisotopic (exact) mass is 488 g/mol. The normalized spacial score (nSPS) is 15.4. The van der Waals surface area contributed by atoms with Gasteiger partial charge in [0.1, 0.15) is 6.61 Å². The topological polar surface area (TPSA) is 78.8 Å². The fourth-order valence-corrected chi connectivity index (χ4v) is 5.38. The fraction of sp³-hybridized carbons (Fsp3) is 0.464. The highest BCUT2D eigenvalue weighted by atomic mass is 16.5. The van der Waals surface area contributed by atoms with Gasteiger partial charge in [-0.2, -0.15) is 0 Å². The number of ether oxygens (including phenoxy) is 1. The molecule has 0 aliphatic carbocycles. The lowest BCUT2D eigenvalue weighted by molar-refractivity contribution is -0.130. The van der Waals surface area contributed by atoms with Gasteiger partial charge in [-0.05, 0) is 73.2 Å². The Hall–Kier alpha value is -3.23. The van der Waals surface area contributed by atoms with E-state index in [-0.39, 0.29) is 5.91 Å². The van der Waals surface area contributed by atoms with Gasteiger partial charge in [-0.1, -0.05) is 19.9 Å². The van der Waals surface area contributed by atoms with E-state index in [4.69, 9.17) is 4.74 Å². The third kappa shape index (κ3) is 4.63. The molecule has 1 amide bonds. The molecule has 0 atom stereocenters. The van der Waals surface area contributed by atoms with Crippen LogP contribution >= 0.6 is 0 Å². The van der Waals surface area contributed by atoms with Crippen LogP contribution in [0.25, 0.3) is 27.8 Å². The summed E-state index contributed by atoms with van der Waals surface area (Å²) in [6.07, 6.45) is 4.26. The summed E-state index contributed by atoms with van der Waals surface area (Å²) in [6, 6.07) is 11.0. The number of hydrogen-bond donors (Lipinski definition) is 1. The molecule has 5 rings (SSSR count). The first kappa shape index (κ1) is 24.5. The first-order valence-corrected chi connectivity index (χ1v) is 12.8. The lowest BCUT2D eigenvalue weighted by Crippen LogP contribution is -2.40. The minimum absolute atomic E-state index is 0.176. The van der Waals surface area contributed by atoms with E-state index < -0.39 is 0 Å². The van der Waals surface area contributed by atoms with Crippen LogP contribution in [0.4, 0.5) is 0 Å². The maximum absolute atomic E-state index is 12.1. The van der Waals surface area contributed by atoms with Gasteiger partial charge in [-0.15, -0.1) is 10.2 Å². The number of nitrogens with zero attached hydrogens (tertiary/aromatic N) is 5. The predicted molar refractivity (Wildman–Crippen MR) is 142 cm³/mol. The number of methoxy groups -OCH3 is 1. The Morgan fingerprint density at radius 2 is 1.94 bits per heavy atom. The average molecular weight is 489 g/mol. The largest absolute Gasteiger partial charge is 0.377 e. The third-order valence-corrected chi connectivity index (χ3v) is 7.39. The third-order valence-electron chi connectivity index (χ3n) is 7.39. The highest BCUT2D eigenvalue weighted by Gasteiger charge is 2.24. The van der Waals surface area contributed by atoms with Crippen molar-refractivity contribution in [2.75, 3.05) is 40.8 Å². The van der Waals surface area contributed by atoms with E-state index in [0.29, 0.717) is 25.0 Å². The Morgan fingerprint density at radius 1 is 1.17 bits per heavy atom. The molecule has 8 nitrogen and oxygen atoms in total. The smallest absolute Gasteiger partial charge is 0.236 e. The number of likely N-dealkylation sites (N-methyl/N-ethyl adjacent to an activating group) is 1. The van der Waals surface area contributed by atoms with Gasteiger partial charge >= 0.3 is 0 Å². The van der Waals surface area contributed by atoms with Crippen molar-refractivity contribution in [3.05, 3.63) is 53.5 Å². The van der Waals surface area contributed by atoms with Crippen LogP contribution in [0.5, 0.6) is 0 Å². The molecular formula is C28H36N6O2. The average Bonchev–Trinajstić information content (AvgIpc) is 3.45. The van der Waals surface area contributed by atoms with Crippen LogP contribution < -0.4 is 0 Å². The summed E-state index contributed by atoms with van der Waals surface area (Å²) in [5.74, 6) is 1.84. The van der Waals surface area contributed by atoms with Crippen molar-refractivity contribution in [3.8, 4) is 11.3 Å². The van der Waals surface area contributed by atoms with E-state index in [0.717, 1.165) is 54.2 Å². The lowest BCUT2D eigenvalue weighted by Gasteiger charge is -2.32. The highest BCUT2D eigenvalue weighted by Crippen LogP contribution is 2.38. The van der Waals surface area contributed by atoms with Gasteiger partial charge < -0.3 is 14.6 Å². The predicted octanol–water partition coefficient (Wildman–Crippen LogP) is 4.42. The van der Waals surface area contributed by atoms with Crippen molar-refractivity contribution in [2.45, 2.75) is 45.1 Å². The molecule has 1 aromatic carbocycles. The number of H-pyrrole nitrogens is 1. The van der Waals surface area contributed by atoms with Crippen LogP contribution in [0.1, 0.15) is 55.5 Å². The summed E-state index contributed by atoms with van der Waals surface area (Å²) in [4.78, 5) is 19.8. The van der Waals surface area contributed by atoms with Gasteiger partial charge in [-0.25, -0.2) is 0 Å². The van der Waals surface area contributed by atoms with Gasteiger partial charge in [0.25, 0.3) is 0 Å². The summed E-state index contributed by atoms with van der Waals surface area (Å²) in [6.45, 7) is 7.36. The van der Waals surface area contributed by atoms with Crippen LogP contribution in [0.2, 0.25) is 0 Å². The standard InChI is InChI=1S/C28H36N6O2/c1-18(2)27-22-14-20(19-10-12-33(13-11-19)16-26(35)32(3)4)6-8-23(22)29-28(27)21-7-9-24-30-31-25(17-36-5)34(24)15-21/h6-9,14-15,18-19,29H,10-13,16-17H2,1-5H3. The molecule has 0 saturated carbocycles. The van der Waals surface area contributed by atoms with E-state index in [1.807, 2.05) is 24.6 Å². The van der Waals surface area contributed by atoms with Gasteiger partial charge in [0.05, 0.1) is 12.2 Å². The van der Waals surface area contributed by atoms with E-state index in [1.165, 1.54) is 16.5 Å². The van der Waals surface area contributed by atoms with Crippen LogP contribution in [0.15, 0.2) is 36.5 Å². The first-order valence-electron chi connectivity index (χ1n) is 12.8. The molecule has 36 heavy (non-hydrogen) atoms. The maximum atomic E-state index is 12.1. The number of rotatable bonds is 7. The first-order chi connectivity index (χ1) is 17.4. The van der Waals surface area contributed by atoms with Crippen LogP contribution in [0, 0.1) is 0 Å². The fourth-order valence-electron chi connectivity index (χ4n) is 5.38. The second-order valence-electron chi connectivity index (χ2n) is 10.4. The zero-order valence-corrected chi connectivity index (χ0v) is 21.9. The molecule has 1 aliphatic rings. The summed E-state index contributed by atoms with van der Waals surface area (Å²) < 4.78 is 7.31. The second kappa shape index (κ2) is 10.0. The zero-order valence-electron chi connectivity index (χ0n) is 21.9. The van der Waals surface area contributed by atoms with Crippen LogP contribution in [-0.2, 0) is 16.1 Å². The molecular weight excluding hydrogens is 452 g/mol. The molecule has 0 radical (unpaired) electrons. The summed E-state index contributed by atoms with van der Waals surface area (Å²) in [5.41, 5.74) is 6.96. The van der Waals surface area contributed by atoms with Gasteiger partial charge in [0, 0.05) is 43.9 Å². The Labute approximate surface area is 212 Å². The molecule has 1 N–H and O–H groups in total. The second-order valence-corrected chi connectivity index (χ2v) is 10.4.